The van der Waals surface area contributed by atoms with Gasteiger partial charge in [-0.3, -0.25) is 0 Å². The first-order valence-electron chi connectivity index (χ1n) is 6.51. The molecule has 3 aromatic rings. The molecule has 0 unspecified atom stereocenters. The summed E-state index contributed by atoms with van der Waals surface area (Å²) in [4.78, 5) is 4.34. The Kier molecular flexibility index (Phi) is 3.68. The van der Waals surface area contributed by atoms with Crippen molar-refractivity contribution in [1.82, 2.24) is 4.98 Å². The molecular weight excluding hydrogens is 280 g/mol. The second-order valence-electron chi connectivity index (χ2n) is 4.56. The predicted octanol–water partition coefficient (Wildman–Crippen LogP) is 4.94. The van der Waals surface area contributed by atoms with Gasteiger partial charge in [0.05, 0.1) is 11.3 Å². The molecule has 0 amide bonds. The Bertz CT molecular complexity index is 745. The van der Waals surface area contributed by atoms with Crippen LogP contribution in [0.15, 0.2) is 66.7 Å². The highest BCUT2D eigenvalue weighted by Gasteiger charge is 2.14. The third-order valence-corrected chi connectivity index (χ3v) is 3.43. The van der Waals surface area contributed by atoms with E-state index in [4.69, 9.17) is 11.6 Å². The van der Waals surface area contributed by atoms with Gasteiger partial charge < -0.3 is 0 Å². The summed E-state index contributed by atoms with van der Waals surface area (Å²) in [5, 5.41) is 9.96. The van der Waals surface area contributed by atoms with Gasteiger partial charge in [0.1, 0.15) is 11.2 Å². The number of halogens is 1. The van der Waals surface area contributed by atoms with E-state index in [2.05, 4.69) is 11.1 Å². The van der Waals surface area contributed by atoms with E-state index in [0.717, 1.165) is 16.7 Å². The number of aromatic nitrogens is 1. The van der Waals surface area contributed by atoms with Crippen LogP contribution in [-0.4, -0.2) is 4.98 Å². The van der Waals surface area contributed by atoms with Crippen LogP contribution in [0.4, 0.5) is 0 Å². The Labute approximate surface area is 128 Å². The third-order valence-electron chi connectivity index (χ3n) is 3.23. The topological polar surface area (TPSA) is 36.7 Å². The first-order valence-corrected chi connectivity index (χ1v) is 6.89. The van der Waals surface area contributed by atoms with E-state index in [-0.39, 0.29) is 0 Å². The Morgan fingerprint density at radius 1 is 0.857 bits per heavy atom. The summed E-state index contributed by atoms with van der Waals surface area (Å²) < 4.78 is 0. The number of benzene rings is 2. The van der Waals surface area contributed by atoms with Crippen LogP contribution in [0.25, 0.3) is 22.4 Å². The fraction of sp³-hybridized carbons (Fsp3) is 0. The minimum atomic E-state index is 0.381. The molecule has 0 spiro atoms. The minimum absolute atomic E-state index is 0.381. The standard InChI is InChI=1S/C18H11ClN2/c19-17-11-15(13-7-3-1-4-8-13)16(12-20)18(21-17)14-9-5-2-6-10-14/h1-11H. The fourth-order valence-electron chi connectivity index (χ4n) is 2.28. The smallest absolute Gasteiger partial charge is 0.130 e. The zero-order valence-corrected chi connectivity index (χ0v) is 11.9. The van der Waals surface area contributed by atoms with Gasteiger partial charge >= 0.3 is 0 Å². The van der Waals surface area contributed by atoms with Crippen molar-refractivity contribution in [2.24, 2.45) is 0 Å². The van der Waals surface area contributed by atoms with Crippen LogP contribution in [0.5, 0.6) is 0 Å². The van der Waals surface area contributed by atoms with E-state index >= 15 is 0 Å². The molecule has 3 rings (SSSR count). The second-order valence-corrected chi connectivity index (χ2v) is 4.95. The summed E-state index contributed by atoms with van der Waals surface area (Å²) in [6, 6.07) is 23.4. The van der Waals surface area contributed by atoms with Crippen LogP contribution in [0.2, 0.25) is 5.15 Å². The summed E-state index contributed by atoms with van der Waals surface area (Å²) in [7, 11) is 0. The lowest BCUT2D eigenvalue weighted by Crippen LogP contribution is -1.94. The number of rotatable bonds is 2. The molecule has 0 saturated heterocycles. The van der Waals surface area contributed by atoms with E-state index in [1.54, 1.807) is 6.07 Å². The molecule has 0 fully saturated rings. The Morgan fingerprint density at radius 2 is 1.43 bits per heavy atom. The largest absolute Gasteiger partial charge is 0.235 e. The van der Waals surface area contributed by atoms with E-state index in [9.17, 15) is 5.26 Å². The van der Waals surface area contributed by atoms with Gasteiger partial charge in [-0.1, -0.05) is 72.3 Å². The van der Waals surface area contributed by atoms with Crippen molar-refractivity contribution < 1.29 is 0 Å². The van der Waals surface area contributed by atoms with Crippen molar-refractivity contribution in [3.63, 3.8) is 0 Å². The minimum Gasteiger partial charge on any atom is -0.235 e. The Morgan fingerprint density at radius 3 is 2.00 bits per heavy atom. The van der Waals surface area contributed by atoms with E-state index in [1.165, 1.54) is 0 Å². The second kappa shape index (κ2) is 5.78. The molecule has 100 valence electrons. The van der Waals surface area contributed by atoms with E-state index in [1.807, 2.05) is 60.7 Å². The van der Waals surface area contributed by atoms with Crippen molar-refractivity contribution in [3.05, 3.63) is 77.4 Å². The molecule has 2 aromatic carbocycles. The van der Waals surface area contributed by atoms with E-state index < -0.39 is 0 Å². The van der Waals surface area contributed by atoms with Gasteiger partial charge in [0.2, 0.25) is 0 Å². The third kappa shape index (κ3) is 2.65. The summed E-state index contributed by atoms with van der Waals surface area (Å²) in [5.41, 5.74) is 3.79. The number of hydrogen-bond acceptors (Lipinski definition) is 2. The highest BCUT2D eigenvalue weighted by Crippen LogP contribution is 2.32. The maximum Gasteiger partial charge on any atom is 0.130 e. The summed E-state index contributed by atoms with van der Waals surface area (Å²) in [6.07, 6.45) is 0. The van der Waals surface area contributed by atoms with Crippen molar-refractivity contribution in [1.29, 1.82) is 5.26 Å². The summed E-state index contributed by atoms with van der Waals surface area (Å²) in [6.45, 7) is 0. The highest BCUT2D eigenvalue weighted by molar-refractivity contribution is 6.30. The Balaban J connectivity index is 2.29. The zero-order valence-electron chi connectivity index (χ0n) is 11.1. The van der Waals surface area contributed by atoms with Gasteiger partial charge in [-0.05, 0) is 11.6 Å². The molecule has 0 bridgehead atoms. The predicted molar refractivity (Wildman–Crippen MR) is 84.8 cm³/mol. The molecular formula is C18H11ClN2. The summed E-state index contributed by atoms with van der Waals surface area (Å²) >= 11 is 6.16. The molecule has 0 radical (unpaired) electrons. The Hall–Kier alpha value is -2.63. The number of nitrogens with zero attached hydrogens (tertiary/aromatic N) is 2. The van der Waals surface area contributed by atoms with Gasteiger partial charge in [-0.2, -0.15) is 5.26 Å². The zero-order chi connectivity index (χ0) is 14.7. The molecule has 0 saturated carbocycles. The van der Waals surface area contributed by atoms with Crippen molar-refractivity contribution in [2.45, 2.75) is 0 Å². The summed E-state index contributed by atoms with van der Waals surface area (Å²) in [5.74, 6) is 0. The number of hydrogen-bond donors (Lipinski definition) is 0. The van der Waals surface area contributed by atoms with Gasteiger partial charge in [0, 0.05) is 11.1 Å². The van der Waals surface area contributed by atoms with Crippen LogP contribution in [0, 0.1) is 11.3 Å². The SMILES string of the molecule is N#Cc1c(-c2ccccc2)cc(Cl)nc1-c1ccccc1. The number of pyridine rings is 1. The van der Waals surface area contributed by atoms with Gasteiger partial charge in [-0.15, -0.1) is 0 Å². The van der Waals surface area contributed by atoms with Gasteiger partial charge in [0.15, 0.2) is 0 Å². The highest BCUT2D eigenvalue weighted by atomic mass is 35.5. The molecule has 0 atom stereocenters. The molecule has 1 aromatic heterocycles. The molecule has 3 heteroatoms. The molecule has 0 aliphatic carbocycles. The lowest BCUT2D eigenvalue weighted by molar-refractivity contribution is 1.30. The van der Waals surface area contributed by atoms with Crippen molar-refractivity contribution in [2.75, 3.05) is 0 Å². The maximum absolute atomic E-state index is 9.58. The van der Waals surface area contributed by atoms with Crippen LogP contribution >= 0.6 is 11.6 Å². The van der Waals surface area contributed by atoms with Crippen LogP contribution < -0.4 is 0 Å². The first-order chi connectivity index (χ1) is 10.3. The monoisotopic (exact) mass is 290 g/mol. The van der Waals surface area contributed by atoms with Gasteiger partial charge in [0.25, 0.3) is 0 Å². The average molecular weight is 291 g/mol. The lowest BCUT2D eigenvalue weighted by Gasteiger charge is -2.10. The maximum atomic E-state index is 9.58. The van der Waals surface area contributed by atoms with E-state index in [0.29, 0.717) is 16.4 Å². The van der Waals surface area contributed by atoms with Crippen molar-refractivity contribution in [3.8, 4) is 28.5 Å². The molecule has 0 aliphatic heterocycles. The normalized spacial score (nSPS) is 10.1. The molecule has 21 heavy (non-hydrogen) atoms. The quantitative estimate of drug-likeness (QED) is 0.627. The average Bonchev–Trinajstić information content (AvgIpc) is 2.55. The number of nitriles is 1. The molecule has 2 nitrogen and oxygen atoms in total. The molecule has 0 aliphatic rings. The molecule has 1 heterocycles. The first kappa shape index (κ1) is 13.4. The van der Waals surface area contributed by atoms with Crippen LogP contribution in [0.3, 0.4) is 0 Å². The lowest BCUT2D eigenvalue weighted by atomic mass is 9.97. The van der Waals surface area contributed by atoms with Crippen LogP contribution in [0.1, 0.15) is 5.56 Å². The van der Waals surface area contributed by atoms with Crippen molar-refractivity contribution >= 4 is 11.6 Å². The fourth-order valence-corrected chi connectivity index (χ4v) is 2.47. The molecule has 0 N–H and O–H groups in total. The van der Waals surface area contributed by atoms with Crippen LogP contribution in [-0.2, 0) is 0 Å². The van der Waals surface area contributed by atoms with Gasteiger partial charge in [-0.25, -0.2) is 4.98 Å².